The Morgan fingerprint density at radius 2 is 1.38 bits per heavy atom. The van der Waals surface area contributed by atoms with Gasteiger partial charge in [-0.1, -0.05) is 40.9 Å². The van der Waals surface area contributed by atoms with Crippen molar-refractivity contribution in [3.8, 4) is 16.9 Å². The normalized spacial score (nSPS) is 10.4. The Morgan fingerprint density at radius 3 is 1.94 bits per heavy atom. The molecule has 82 valence electrons. The number of rotatable bonds is 1. The van der Waals surface area contributed by atoms with Gasteiger partial charge in [0.15, 0.2) is 0 Å². The second-order valence-electron chi connectivity index (χ2n) is 4.07. The Kier molecular flexibility index (Phi) is 2.88. The summed E-state index contributed by atoms with van der Waals surface area (Å²) in [5, 5.41) is 10.1. The van der Waals surface area contributed by atoms with Gasteiger partial charge in [0, 0.05) is 5.02 Å². The molecule has 2 aromatic rings. The van der Waals surface area contributed by atoms with Gasteiger partial charge in [0.1, 0.15) is 5.75 Å². The van der Waals surface area contributed by atoms with Gasteiger partial charge in [-0.3, -0.25) is 0 Å². The summed E-state index contributed by atoms with van der Waals surface area (Å²) in [5.74, 6) is 0.196. The molecule has 1 nitrogen and oxygen atoms in total. The largest absolute Gasteiger partial charge is 0.508 e. The summed E-state index contributed by atoms with van der Waals surface area (Å²) in [5.41, 5.74) is 4.43. The predicted molar refractivity (Wildman–Crippen MR) is 68.0 cm³/mol. The molecular weight excluding hydrogens is 220 g/mol. The van der Waals surface area contributed by atoms with Crippen LogP contribution in [0.25, 0.3) is 11.1 Å². The van der Waals surface area contributed by atoms with Crippen LogP contribution in [-0.4, -0.2) is 5.11 Å². The van der Waals surface area contributed by atoms with Crippen molar-refractivity contribution in [2.24, 2.45) is 0 Å². The predicted octanol–water partition coefficient (Wildman–Crippen LogP) is 4.33. The molecule has 0 fully saturated rings. The number of hydrogen-bond donors (Lipinski definition) is 1. The molecule has 0 atom stereocenters. The summed E-state index contributed by atoms with van der Waals surface area (Å²) in [6.45, 7) is 4.11. The van der Waals surface area contributed by atoms with Crippen LogP contribution in [0.3, 0.4) is 0 Å². The minimum absolute atomic E-state index is 0.196. The van der Waals surface area contributed by atoms with Gasteiger partial charge >= 0.3 is 0 Å². The molecule has 0 radical (unpaired) electrons. The summed E-state index contributed by atoms with van der Waals surface area (Å²) >= 11 is 5.92. The van der Waals surface area contributed by atoms with E-state index in [-0.39, 0.29) is 5.75 Å². The van der Waals surface area contributed by atoms with Crippen LogP contribution >= 0.6 is 11.6 Å². The number of aryl methyl sites for hydroxylation is 2. The lowest BCUT2D eigenvalue weighted by Gasteiger charge is -2.06. The fraction of sp³-hybridized carbons (Fsp3) is 0.143. The van der Waals surface area contributed by atoms with Gasteiger partial charge in [-0.05, 0) is 43.2 Å². The molecule has 0 amide bonds. The lowest BCUT2D eigenvalue weighted by Crippen LogP contribution is -1.83. The first-order valence-electron chi connectivity index (χ1n) is 5.13. The fourth-order valence-electron chi connectivity index (χ4n) is 1.88. The second kappa shape index (κ2) is 4.18. The van der Waals surface area contributed by atoms with Crippen molar-refractivity contribution in [1.82, 2.24) is 0 Å². The van der Waals surface area contributed by atoms with Crippen molar-refractivity contribution in [2.75, 3.05) is 0 Å². The van der Waals surface area contributed by atoms with E-state index in [1.807, 2.05) is 6.07 Å². The zero-order valence-corrected chi connectivity index (χ0v) is 10.0. The highest BCUT2D eigenvalue weighted by atomic mass is 35.5. The third-order valence-corrected chi connectivity index (χ3v) is 2.66. The molecule has 2 heteroatoms. The number of halogens is 1. The number of hydrogen-bond acceptors (Lipinski definition) is 1. The Morgan fingerprint density at radius 1 is 0.812 bits per heavy atom. The first-order valence-corrected chi connectivity index (χ1v) is 5.50. The van der Waals surface area contributed by atoms with Crippen molar-refractivity contribution >= 4 is 11.6 Å². The van der Waals surface area contributed by atoms with E-state index in [1.165, 1.54) is 17.2 Å². The molecule has 0 aromatic heterocycles. The quantitative estimate of drug-likeness (QED) is 0.776. The molecule has 2 aromatic carbocycles. The maximum atomic E-state index is 9.51. The molecule has 0 aliphatic rings. The van der Waals surface area contributed by atoms with E-state index in [2.05, 4.69) is 32.0 Å². The highest BCUT2D eigenvalue weighted by molar-refractivity contribution is 6.31. The van der Waals surface area contributed by atoms with Crippen LogP contribution in [0.15, 0.2) is 36.4 Å². The standard InChI is InChI=1S/C14H13ClO/c1-9-3-10(2)5-11(4-9)12-6-13(15)8-14(16)7-12/h3-8,16H,1-2H3. The average Bonchev–Trinajstić information content (AvgIpc) is 2.14. The highest BCUT2D eigenvalue weighted by Crippen LogP contribution is 2.28. The first-order chi connectivity index (χ1) is 7.54. The van der Waals surface area contributed by atoms with Crippen molar-refractivity contribution in [2.45, 2.75) is 13.8 Å². The number of phenolic OH excluding ortho intramolecular Hbond substituents is 1. The Hall–Kier alpha value is -1.47. The zero-order valence-electron chi connectivity index (χ0n) is 9.29. The zero-order chi connectivity index (χ0) is 11.7. The summed E-state index contributed by atoms with van der Waals surface area (Å²) in [4.78, 5) is 0. The SMILES string of the molecule is Cc1cc(C)cc(-c2cc(O)cc(Cl)c2)c1. The summed E-state index contributed by atoms with van der Waals surface area (Å²) in [6, 6.07) is 11.4. The van der Waals surface area contributed by atoms with E-state index in [0.717, 1.165) is 11.1 Å². The van der Waals surface area contributed by atoms with Gasteiger partial charge in [-0.2, -0.15) is 0 Å². The molecule has 0 bridgehead atoms. The van der Waals surface area contributed by atoms with E-state index in [0.29, 0.717) is 5.02 Å². The molecule has 1 N–H and O–H groups in total. The van der Waals surface area contributed by atoms with Crippen molar-refractivity contribution < 1.29 is 5.11 Å². The minimum Gasteiger partial charge on any atom is -0.508 e. The molecule has 0 unspecified atom stereocenters. The Balaban J connectivity index is 2.57. The molecule has 0 aliphatic carbocycles. The third kappa shape index (κ3) is 2.37. The number of aromatic hydroxyl groups is 1. The number of benzene rings is 2. The van der Waals surface area contributed by atoms with Crippen LogP contribution in [0.4, 0.5) is 0 Å². The summed E-state index contributed by atoms with van der Waals surface area (Å²) in [7, 11) is 0. The molecule has 0 aliphatic heterocycles. The lowest BCUT2D eigenvalue weighted by molar-refractivity contribution is 0.475. The monoisotopic (exact) mass is 232 g/mol. The summed E-state index contributed by atoms with van der Waals surface area (Å²) < 4.78 is 0. The Bertz CT molecular complexity index is 442. The lowest BCUT2D eigenvalue weighted by atomic mass is 10.0. The van der Waals surface area contributed by atoms with Crippen molar-refractivity contribution in [3.63, 3.8) is 0 Å². The van der Waals surface area contributed by atoms with E-state index >= 15 is 0 Å². The van der Waals surface area contributed by atoms with Gasteiger partial charge in [0.05, 0.1) is 0 Å². The number of phenols is 1. The maximum Gasteiger partial charge on any atom is 0.117 e. The van der Waals surface area contributed by atoms with E-state index in [1.54, 1.807) is 6.07 Å². The van der Waals surface area contributed by atoms with Crippen LogP contribution in [0, 0.1) is 13.8 Å². The minimum atomic E-state index is 0.196. The second-order valence-corrected chi connectivity index (χ2v) is 4.51. The van der Waals surface area contributed by atoms with Gasteiger partial charge in [0.25, 0.3) is 0 Å². The first kappa shape index (κ1) is 11.0. The Labute approximate surface area is 100 Å². The smallest absolute Gasteiger partial charge is 0.117 e. The fourth-order valence-corrected chi connectivity index (χ4v) is 2.11. The van der Waals surface area contributed by atoms with Gasteiger partial charge in [0.2, 0.25) is 0 Å². The highest BCUT2D eigenvalue weighted by Gasteiger charge is 2.03. The van der Waals surface area contributed by atoms with Crippen LogP contribution < -0.4 is 0 Å². The van der Waals surface area contributed by atoms with Crippen LogP contribution in [0.1, 0.15) is 11.1 Å². The van der Waals surface area contributed by atoms with Crippen LogP contribution in [-0.2, 0) is 0 Å². The van der Waals surface area contributed by atoms with E-state index in [9.17, 15) is 5.11 Å². The molecule has 0 heterocycles. The van der Waals surface area contributed by atoms with Crippen LogP contribution in [0.2, 0.25) is 5.02 Å². The van der Waals surface area contributed by atoms with Gasteiger partial charge in [-0.15, -0.1) is 0 Å². The molecular formula is C14H13ClO. The van der Waals surface area contributed by atoms with E-state index < -0.39 is 0 Å². The summed E-state index contributed by atoms with van der Waals surface area (Å²) in [6.07, 6.45) is 0. The van der Waals surface area contributed by atoms with Gasteiger partial charge in [-0.25, -0.2) is 0 Å². The molecule has 16 heavy (non-hydrogen) atoms. The molecule has 0 saturated heterocycles. The van der Waals surface area contributed by atoms with E-state index in [4.69, 9.17) is 11.6 Å². The molecule has 0 saturated carbocycles. The van der Waals surface area contributed by atoms with Crippen molar-refractivity contribution in [1.29, 1.82) is 0 Å². The van der Waals surface area contributed by atoms with Crippen LogP contribution in [0.5, 0.6) is 5.75 Å². The third-order valence-electron chi connectivity index (χ3n) is 2.44. The van der Waals surface area contributed by atoms with Crippen molar-refractivity contribution in [3.05, 3.63) is 52.5 Å². The van der Waals surface area contributed by atoms with Gasteiger partial charge < -0.3 is 5.11 Å². The molecule has 2 rings (SSSR count). The maximum absolute atomic E-state index is 9.51. The topological polar surface area (TPSA) is 20.2 Å². The molecule has 0 spiro atoms. The average molecular weight is 233 g/mol.